The minimum Gasteiger partial charge on any atom is -0.493 e. The first-order chi connectivity index (χ1) is 16.5. The fraction of sp³-hybridized carbons (Fsp3) is 0.571. The van der Waals surface area contributed by atoms with Crippen LogP contribution in [-0.2, 0) is 0 Å². The van der Waals surface area contributed by atoms with Crippen molar-refractivity contribution in [2.45, 2.75) is 51.8 Å². The average Bonchev–Trinajstić information content (AvgIpc) is 3.44. The summed E-state index contributed by atoms with van der Waals surface area (Å²) in [6.45, 7) is 10.5. The Morgan fingerprint density at radius 1 is 0.824 bits per heavy atom. The van der Waals surface area contributed by atoms with Crippen LogP contribution < -0.4 is 9.47 Å². The van der Waals surface area contributed by atoms with E-state index in [9.17, 15) is 9.50 Å². The van der Waals surface area contributed by atoms with E-state index >= 15 is 0 Å². The van der Waals surface area contributed by atoms with Crippen molar-refractivity contribution in [2.75, 3.05) is 52.5 Å². The predicted octanol–water partition coefficient (Wildman–Crippen LogP) is 4.62. The van der Waals surface area contributed by atoms with Crippen LogP contribution in [0.3, 0.4) is 0 Å². The minimum absolute atomic E-state index is 0.169. The highest BCUT2D eigenvalue weighted by Gasteiger charge is 2.21. The first-order valence-electron chi connectivity index (χ1n) is 12.7. The summed E-state index contributed by atoms with van der Waals surface area (Å²) in [4.78, 5) is 4.48. The van der Waals surface area contributed by atoms with Crippen molar-refractivity contribution in [2.24, 2.45) is 0 Å². The molecule has 2 aliphatic rings. The highest BCUT2D eigenvalue weighted by Crippen LogP contribution is 2.35. The summed E-state index contributed by atoms with van der Waals surface area (Å²) < 4.78 is 25.6. The van der Waals surface area contributed by atoms with Gasteiger partial charge >= 0.3 is 0 Å². The Balaban J connectivity index is 1.32. The van der Waals surface area contributed by atoms with Gasteiger partial charge in [-0.2, -0.15) is 0 Å². The molecule has 2 saturated heterocycles. The predicted molar refractivity (Wildman–Crippen MR) is 135 cm³/mol. The fourth-order valence-corrected chi connectivity index (χ4v) is 5.07. The summed E-state index contributed by atoms with van der Waals surface area (Å²) >= 11 is 0. The van der Waals surface area contributed by atoms with Crippen LogP contribution in [-0.4, -0.2) is 79.7 Å². The molecule has 4 rings (SSSR count). The van der Waals surface area contributed by atoms with E-state index in [4.69, 9.17) is 9.47 Å². The standard InChI is InChI=1S/C28H39FN2O3/c1-21-25(7-3-9-27(21)33-17-5-13-30-15-11-23(29)19-30)26-8-4-10-28(22(26)2)34-18-6-14-31-16-12-24(32)20-31/h3-4,7-10,23-24,32H,5-6,11-20H2,1-2H3. The third-order valence-corrected chi connectivity index (χ3v) is 7.07. The Kier molecular flexibility index (Phi) is 8.81. The van der Waals surface area contributed by atoms with Gasteiger partial charge in [-0.1, -0.05) is 24.3 Å². The number of hydrogen-bond donors (Lipinski definition) is 1. The Morgan fingerprint density at radius 2 is 1.35 bits per heavy atom. The molecule has 2 aliphatic heterocycles. The summed E-state index contributed by atoms with van der Waals surface area (Å²) in [5.74, 6) is 1.82. The number of β-amino-alcohol motifs (C(OH)–C–C–N with tert-alkyl or cyclic N) is 1. The molecule has 2 fully saturated rings. The summed E-state index contributed by atoms with van der Waals surface area (Å²) in [6, 6.07) is 12.4. The maximum absolute atomic E-state index is 13.3. The first kappa shape index (κ1) is 25.0. The number of rotatable bonds is 11. The quantitative estimate of drug-likeness (QED) is 0.486. The Bertz CT molecular complexity index is 862. The molecule has 0 bridgehead atoms. The molecule has 1 N–H and O–H groups in total. The van der Waals surface area contributed by atoms with Crippen molar-refractivity contribution >= 4 is 0 Å². The SMILES string of the molecule is Cc1c(OCCCN2CCC(O)C2)cccc1-c1cccc(OCCCN2CCC(F)C2)c1C. The summed E-state index contributed by atoms with van der Waals surface area (Å²) in [5.41, 5.74) is 4.58. The van der Waals surface area contributed by atoms with Crippen molar-refractivity contribution in [3.05, 3.63) is 47.5 Å². The van der Waals surface area contributed by atoms with E-state index in [1.54, 1.807) is 0 Å². The number of nitrogens with zero attached hydrogens (tertiary/aromatic N) is 2. The van der Waals surface area contributed by atoms with Gasteiger partial charge in [0.15, 0.2) is 0 Å². The van der Waals surface area contributed by atoms with Crippen molar-refractivity contribution in [3.63, 3.8) is 0 Å². The lowest BCUT2D eigenvalue weighted by Gasteiger charge is -2.18. The molecule has 34 heavy (non-hydrogen) atoms. The van der Waals surface area contributed by atoms with Crippen LogP contribution in [0, 0.1) is 13.8 Å². The monoisotopic (exact) mass is 470 g/mol. The van der Waals surface area contributed by atoms with Crippen LogP contribution in [0.2, 0.25) is 0 Å². The van der Waals surface area contributed by atoms with E-state index in [0.717, 1.165) is 85.7 Å². The number of aliphatic hydroxyl groups is 1. The van der Waals surface area contributed by atoms with E-state index in [-0.39, 0.29) is 6.10 Å². The van der Waals surface area contributed by atoms with Crippen molar-refractivity contribution in [1.29, 1.82) is 0 Å². The van der Waals surface area contributed by atoms with Gasteiger partial charge in [0, 0.05) is 39.3 Å². The van der Waals surface area contributed by atoms with Crippen molar-refractivity contribution in [3.8, 4) is 22.6 Å². The zero-order valence-corrected chi connectivity index (χ0v) is 20.6. The second-order valence-electron chi connectivity index (χ2n) is 9.69. The molecule has 6 heteroatoms. The van der Waals surface area contributed by atoms with Crippen molar-refractivity contribution < 1.29 is 19.0 Å². The van der Waals surface area contributed by atoms with Crippen LogP contribution in [0.5, 0.6) is 11.5 Å². The van der Waals surface area contributed by atoms with Crippen molar-refractivity contribution in [1.82, 2.24) is 9.80 Å². The van der Waals surface area contributed by atoms with E-state index in [1.165, 1.54) is 0 Å². The number of likely N-dealkylation sites (tertiary alicyclic amines) is 2. The fourth-order valence-electron chi connectivity index (χ4n) is 5.07. The molecule has 0 radical (unpaired) electrons. The number of halogens is 1. The molecule has 0 aromatic heterocycles. The maximum atomic E-state index is 13.3. The van der Waals surface area contributed by atoms with Gasteiger partial charge in [0.2, 0.25) is 0 Å². The Labute approximate surface area is 203 Å². The van der Waals surface area contributed by atoms with E-state index in [0.29, 0.717) is 26.2 Å². The number of ether oxygens (including phenoxy) is 2. The summed E-state index contributed by atoms with van der Waals surface area (Å²) in [6.07, 6.45) is 2.55. The van der Waals surface area contributed by atoms with E-state index in [2.05, 4.69) is 41.8 Å². The molecule has 0 saturated carbocycles. The zero-order chi connectivity index (χ0) is 23.9. The number of benzene rings is 2. The molecule has 2 unspecified atom stereocenters. The molecule has 5 nitrogen and oxygen atoms in total. The van der Waals surface area contributed by atoms with Gasteiger partial charge in [0.05, 0.1) is 19.3 Å². The molecule has 0 amide bonds. The maximum Gasteiger partial charge on any atom is 0.122 e. The van der Waals surface area contributed by atoms with Gasteiger partial charge in [-0.05, 0) is 73.9 Å². The zero-order valence-electron chi connectivity index (χ0n) is 20.6. The smallest absolute Gasteiger partial charge is 0.122 e. The number of alkyl halides is 1. The van der Waals surface area contributed by atoms with Gasteiger partial charge in [0.1, 0.15) is 17.7 Å². The molecular formula is C28H39FN2O3. The Morgan fingerprint density at radius 3 is 1.82 bits per heavy atom. The highest BCUT2D eigenvalue weighted by molar-refractivity contribution is 5.74. The van der Waals surface area contributed by atoms with Crippen LogP contribution in [0.4, 0.5) is 4.39 Å². The molecule has 0 spiro atoms. The lowest BCUT2D eigenvalue weighted by atomic mass is 9.95. The average molecular weight is 471 g/mol. The van der Waals surface area contributed by atoms with Gasteiger partial charge in [-0.25, -0.2) is 4.39 Å². The summed E-state index contributed by atoms with van der Waals surface area (Å²) in [7, 11) is 0. The van der Waals surface area contributed by atoms with Gasteiger partial charge in [0.25, 0.3) is 0 Å². The summed E-state index contributed by atoms with van der Waals surface area (Å²) in [5, 5.41) is 9.67. The first-order valence-corrected chi connectivity index (χ1v) is 12.7. The molecule has 2 aromatic carbocycles. The van der Waals surface area contributed by atoms with E-state index in [1.807, 2.05) is 18.2 Å². The van der Waals surface area contributed by atoms with E-state index < -0.39 is 6.17 Å². The number of aliphatic hydroxyl groups excluding tert-OH is 1. The largest absolute Gasteiger partial charge is 0.493 e. The molecule has 186 valence electrons. The topological polar surface area (TPSA) is 45.2 Å². The lowest BCUT2D eigenvalue weighted by molar-refractivity contribution is 0.173. The molecule has 2 aromatic rings. The molecule has 2 heterocycles. The third kappa shape index (κ3) is 6.49. The van der Waals surface area contributed by atoms with Gasteiger partial charge in [-0.3, -0.25) is 0 Å². The molecule has 2 atom stereocenters. The molecular weight excluding hydrogens is 431 g/mol. The van der Waals surface area contributed by atoms with Crippen LogP contribution in [0.25, 0.3) is 11.1 Å². The van der Waals surface area contributed by atoms with Gasteiger partial charge < -0.3 is 24.4 Å². The Hall–Kier alpha value is -2.15. The highest BCUT2D eigenvalue weighted by atomic mass is 19.1. The minimum atomic E-state index is -0.665. The number of hydrogen-bond acceptors (Lipinski definition) is 5. The second-order valence-corrected chi connectivity index (χ2v) is 9.69. The normalized spacial score (nSPS) is 21.3. The second kappa shape index (κ2) is 12.0. The van der Waals surface area contributed by atoms with Crippen LogP contribution >= 0.6 is 0 Å². The van der Waals surface area contributed by atoms with Gasteiger partial charge in [-0.15, -0.1) is 0 Å². The van der Waals surface area contributed by atoms with Crippen LogP contribution in [0.15, 0.2) is 36.4 Å². The lowest BCUT2D eigenvalue weighted by Crippen LogP contribution is -2.24. The molecule has 0 aliphatic carbocycles. The van der Waals surface area contributed by atoms with Crippen LogP contribution in [0.1, 0.15) is 36.8 Å². The third-order valence-electron chi connectivity index (χ3n) is 7.07.